The maximum Gasteiger partial charge on any atom is 0.275 e. The minimum Gasteiger partial charge on any atom is -0.332 e. The van der Waals surface area contributed by atoms with Gasteiger partial charge >= 0.3 is 0 Å². The Morgan fingerprint density at radius 1 is 1.41 bits per heavy atom. The summed E-state index contributed by atoms with van der Waals surface area (Å²) in [5, 5.41) is 4.27. The van der Waals surface area contributed by atoms with Gasteiger partial charge in [-0.05, 0) is 55.7 Å². The molecule has 1 aliphatic rings. The van der Waals surface area contributed by atoms with Gasteiger partial charge in [0.2, 0.25) is 0 Å². The van der Waals surface area contributed by atoms with Crippen LogP contribution in [0.4, 0.5) is 0 Å². The van der Waals surface area contributed by atoms with E-state index in [-0.39, 0.29) is 5.91 Å². The quantitative estimate of drug-likeness (QED) is 0.732. The highest BCUT2D eigenvalue weighted by atomic mass is 127. The van der Waals surface area contributed by atoms with Crippen LogP contribution in [0.1, 0.15) is 43.6 Å². The highest BCUT2D eigenvalue weighted by molar-refractivity contribution is 14.1. The van der Waals surface area contributed by atoms with E-state index < -0.39 is 0 Å². The van der Waals surface area contributed by atoms with Gasteiger partial charge in [0.25, 0.3) is 5.91 Å². The fraction of sp³-hybridized carbons (Fsp3) is 0.667. The number of hydrogen-bond acceptors (Lipinski definition) is 2. The lowest BCUT2D eigenvalue weighted by atomic mass is 9.97. The van der Waals surface area contributed by atoms with E-state index in [1.54, 1.807) is 4.68 Å². The predicted molar refractivity (Wildman–Crippen MR) is 74.9 cm³/mol. The second-order valence-electron chi connectivity index (χ2n) is 4.84. The summed E-state index contributed by atoms with van der Waals surface area (Å²) in [4.78, 5) is 14.5. The first-order valence-corrected chi connectivity index (χ1v) is 7.10. The van der Waals surface area contributed by atoms with Gasteiger partial charge in [-0.2, -0.15) is 5.10 Å². The summed E-state index contributed by atoms with van der Waals surface area (Å²) in [7, 11) is 1.85. The summed E-state index contributed by atoms with van der Waals surface area (Å²) < 4.78 is 2.63. The second-order valence-corrected chi connectivity index (χ2v) is 6.00. The van der Waals surface area contributed by atoms with Crippen molar-refractivity contribution in [2.75, 3.05) is 0 Å². The van der Waals surface area contributed by atoms with Gasteiger partial charge in [0.15, 0.2) is 5.69 Å². The molecule has 0 aromatic carbocycles. The van der Waals surface area contributed by atoms with Gasteiger partial charge in [-0.3, -0.25) is 9.48 Å². The summed E-state index contributed by atoms with van der Waals surface area (Å²) in [5.41, 5.74) is 0.591. The average Bonchev–Trinajstić information content (AvgIpc) is 2.57. The van der Waals surface area contributed by atoms with Crippen molar-refractivity contribution in [3.63, 3.8) is 0 Å². The molecule has 1 saturated heterocycles. The molecular weight excluding hydrogens is 329 g/mol. The molecule has 4 nitrogen and oxygen atoms in total. The van der Waals surface area contributed by atoms with Crippen molar-refractivity contribution < 1.29 is 4.79 Å². The monoisotopic (exact) mass is 347 g/mol. The Kier molecular flexibility index (Phi) is 3.75. The van der Waals surface area contributed by atoms with Crippen molar-refractivity contribution in [1.29, 1.82) is 0 Å². The SMILES string of the molecule is CC1CCCC(C)N1C(=O)c1nn(C)cc1I. The average molecular weight is 347 g/mol. The number of carbonyl (C=O) groups excluding carboxylic acids is 1. The van der Waals surface area contributed by atoms with Crippen molar-refractivity contribution in [2.24, 2.45) is 7.05 Å². The number of likely N-dealkylation sites (tertiary alicyclic amines) is 1. The number of amides is 1. The number of hydrogen-bond donors (Lipinski definition) is 0. The number of nitrogens with zero attached hydrogens (tertiary/aromatic N) is 3. The molecule has 0 radical (unpaired) electrons. The Morgan fingerprint density at radius 2 is 2.00 bits per heavy atom. The first-order valence-electron chi connectivity index (χ1n) is 6.02. The van der Waals surface area contributed by atoms with Gasteiger partial charge in [-0.1, -0.05) is 0 Å². The standard InChI is InChI=1S/C12H18IN3O/c1-8-5-4-6-9(2)16(8)12(17)11-10(13)7-15(3)14-11/h7-9H,4-6H2,1-3H3. The van der Waals surface area contributed by atoms with Gasteiger partial charge < -0.3 is 4.90 Å². The summed E-state index contributed by atoms with van der Waals surface area (Å²) >= 11 is 2.18. The predicted octanol–water partition coefficient (Wildman–Crippen LogP) is 2.43. The molecule has 0 aliphatic carbocycles. The lowest BCUT2D eigenvalue weighted by molar-refractivity contribution is 0.0503. The van der Waals surface area contributed by atoms with E-state index >= 15 is 0 Å². The molecule has 1 amide bonds. The van der Waals surface area contributed by atoms with Gasteiger partial charge in [0.1, 0.15) is 0 Å². The molecule has 17 heavy (non-hydrogen) atoms. The Balaban J connectivity index is 2.27. The van der Waals surface area contributed by atoms with Crippen LogP contribution >= 0.6 is 22.6 Å². The Bertz CT molecular complexity index is 419. The molecule has 0 saturated carbocycles. The number of carbonyl (C=O) groups is 1. The Morgan fingerprint density at radius 3 is 2.47 bits per heavy atom. The van der Waals surface area contributed by atoms with E-state index in [9.17, 15) is 4.79 Å². The Labute approximate surface area is 116 Å². The van der Waals surface area contributed by atoms with Crippen LogP contribution in [0.15, 0.2) is 6.20 Å². The van der Waals surface area contributed by atoms with Crippen molar-refractivity contribution >= 4 is 28.5 Å². The molecular formula is C12H18IN3O. The fourth-order valence-electron chi connectivity index (χ4n) is 2.55. The molecule has 1 aromatic rings. The largest absolute Gasteiger partial charge is 0.332 e. The number of halogens is 1. The van der Waals surface area contributed by atoms with Crippen molar-refractivity contribution in [1.82, 2.24) is 14.7 Å². The molecule has 1 aromatic heterocycles. The fourth-order valence-corrected chi connectivity index (χ4v) is 3.29. The van der Waals surface area contributed by atoms with Gasteiger partial charge in [0.05, 0.1) is 3.57 Å². The van der Waals surface area contributed by atoms with E-state index in [1.165, 1.54) is 6.42 Å². The first kappa shape index (κ1) is 12.9. The zero-order valence-electron chi connectivity index (χ0n) is 10.5. The van der Waals surface area contributed by atoms with Crippen LogP contribution in [-0.2, 0) is 7.05 Å². The molecule has 1 fully saturated rings. The molecule has 2 atom stereocenters. The van der Waals surface area contributed by atoms with Crippen molar-refractivity contribution in [2.45, 2.75) is 45.2 Å². The van der Waals surface area contributed by atoms with E-state index in [4.69, 9.17) is 0 Å². The highest BCUT2D eigenvalue weighted by Crippen LogP contribution is 2.25. The third-order valence-corrected chi connectivity index (χ3v) is 4.20. The molecule has 0 bridgehead atoms. The minimum absolute atomic E-state index is 0.0784. The highest BCUT2D eigenvalue weighted by Gasteiger charge is 2.31. The van der Waals surface area contributed by atoms with Gasteiger partial charge in [-0.15, -0.1) is 0 Å². The maximum absolute atomic E-state index is 12.5. The van der Waals surface area contributed by atoms with Crippen molar-refractivity contribution in [3.8, 4) is 0 Å². The summed E-state index contributed by atoms with van der Waals surface area (Å²) in [5.74, 6) is 0.0784. The molecule has 0 N–H and O–H groups in total. The molecule has 0 spiro atoms. The number of aromatic nitrogens is 2. The molecule has 2 heterocycles. The Hall–Kier alpha value is -0.590. The van der Waals surface area contributed by atoms with Gasteiger partial charge in [0, 0.05) is 25.3 Å². The summed E-state index contributed by atoms with van der Waals surface area (Å²) in [6, 6.07) is 0.646. The topological polar surface area (TPSA) is 38.1 Å². The number of rotatable bonds is 1. The molecule has 5 heteroatoms. The lowest BCUT2D eigenvalue weighted by Crippen LogP contribution is -2.47. The zero-order valence-corrected chi connectivity index (χ0v) is 12.6. The van der Waals surface area contributed by atoms with Crippen LogP contribution < -0.4 is 0 Å². The van der Waals surface area contributed by atoms with Crippen LogP contribution in [0, 0.1) is 3.57 Å². The lowest BCUT2D eigenvalue weighted by Gasteiger charge is -2.38. The summed E-state index contributed by atoms with van der Waals surface area (Å²) in [6.07, 6.45) is 5.29. The molecule has 1 aliphatic heterocycles. The van der Waals surface area contributed by atoms with E-state index in [1.807, 2.05) is 18.1 Å². The van der Waals surface area contributed by atoms with E-state index in [2.05, 4.69) is 41.5 Å². The van der Waals surface area contributed by atoms with Crippen molar-refractivity contribution in [3.05, 3.63) is 15.5 Å². The normalized spacial score (nSPS) is 25.1. The second kappa shape index (κ2) is 4.96. The van der Waals surface area contributed by atoms with Gasteiger partial charge in [-0.25, -0.2) is 0 Å². The smallest absolute Gasteiger partial charge is 0.275 e. The van der Waals surface area contributed by atoms with E-state index in [0.29, 0.717) is 17.8 Å². The summed E-state index contributed by atoms with van der Waals surface area (Å²) in [6.45, 7) is 4.26. The third-order valence-electron chi connectivity index (χ3n) is 3.41. The number of aryl methyl sites for hydroxylation is 1. The molecule has 2 rings (SSSR count). The maximum atomic E-state index is 12.5. The van der Waals surface area contributed by atoms with E-state index in [0.717, 1.165) is 16.4 Å². The number of piperidine rings is 1. The van der Waals surface area contributed by atoms with Crippen LogP contribution in [0.5, 0.6) is 0 Å². The van der Waals surface area contributed by atoms with Crippen LogP contribution in [0.25, 0.3) is 0 Å². The van der Waals surface area contributed by atoms with Crippen LogP contribution in [0.2, 0.25) is 0 Å². The third kappa shape index (κ3) is 2.48. The minimum atomic E-state index is 0.0784. The zero-order chi connectivity index (χ0) is 12.6. The first-order chi connectivity index (χ1) is 8.00. The van der Waals surface area contributed by atoms with Crippen LogP contribution in [-0.4, -0.2) is 32.7 Å². The molecule has 2 unspecified atom stereocenters. The van der Waals surface area contributed by atoms with Crippen LogP contribution in [0.3, 0.4) is 0 Å². The molecule has 94 valence electrons.